The van der Waals surface area contributed by atoms with Gasteiger partial charge in [0.25, 0.3) is 5.91 Å². The molecule has 1 heterocycles. The van der Waals surface area contributed by atoms with Gasteiger partial charge in [-0.1, -0.05) is 19.1 Å². The van der Waals surface area contributed by atoms with E-state index in [1.165, 1.54) is 0 Å². The first-order valence-corrected chi connectivity index (χ1v) is 7.88. The molecule has 92 valence electrons. The average molecular weight is 361 g/mol. The third-order valence-corrected chi connectivity index (χ3v) is 5.00. The van der Waals surface area contributed by atoms with Crippen molar-refractivity contribution in [2.24, 2.45) is 0 Å². The summed E-state index contributed by atoms with van der Waals surface area (Å²) in [6.07, 6.45) is 0. The maximum Gasteiger partial charge on any atom is 0.255 e. The number of halogens is 1. The Labute approximate surface area is 120 Å². The fourth-order valence-electron chi connectivity index (χ4n) is 2.06. The molecule has 0 aromatic heterocycles. The minimum atomic E-state index is 0.194. The SMILES string of the molecule is Cc1cccc(I)c1C(=O)N1CCS[C@H](C)C1. The van der Waals surface area contributed by atoms with Crippen molar-refractivity contribution in [1.82, 2.24) is 4.90 Å². The summed E-state index contributed by atoms with van der Waals surface area (Å²) in [4.78, 5) is 14.5. The van der Waals surface area contributed by atoms with E-state index in [2.05, 4.69) is 29.5 Å². The topological polar surface area (TPSA) is 20.3 Å². The van der Waals surface area contributed by atoms with Gasteiger partial charge in [0.1, 0.15) is 0 Å². The molecule has 2 rings (SSSR count). The number of amides is 1. The van der Waals surface area contributed by atoms with Crippen LogP contribution >= 0.6 is 34.4 Å². The molecule has 17 heavy (non-hydrogen) atoms. The molecular weight excluding hydrogens is 345 g/mol. The third kappa shape index (κ3) is 2.96. The molecule has 1 saturated heterocycles. The first kappa shape index (κ1) is 13.2. The number of benzene rings is 1. The predicted molar refractivity (Wildman–Crippen MR) is 81.7 cm³/mol. The Morgan fingerprint density at radius 1 is 1.53 bits per heavy atom. The van der Waals surface area contributed by atoms with E-state index in [0.717, 1.165) is 33.5 Å². The van der Waals surface area contributed by atoms with Gasteiger partial charge in [0, 0.05) is 27.7 Å². The van der Waals surface area contributed by atoms with E-state index in [1.54, 1.807) is 0 Å². The Morgan fingerprint density at radius 3 is 2.94 bits per heavy atom. The fourth-order valence-corrected chi connectivity index (χ4v) is 3.94. The minimum Gasteiger partial charge on any atom is -0.337 e. The van der Waals surface area contributed by atoms with Crippen molar-refractivity contribution in [3.63, 3.8) is 0 Å². The molecule has 0 unspecified atom stereocenters. The van der Waals surface area contributed by atoms with E-state index in [-0.39, 0.29) is 5.91 Å². The van der Waals surface area contributed by atoms with Gasteiger partial charge in [-0.25, -0.2) is 0 Å². The molecule has 2 nitrogen and oxygen atoms in total. The quantitative estimate of drug-likeness (QED) is 0.717. The zero-order chi connectivity index (χ0) is 12.4. The lowest BCUT2D eigenvalue weighted by Gasteiger charge is -2.31. The highest BCUT2D eigenvalue weighted by molar-refractivity contribution is 14.1. The van der Waals surface area contributed by atoms with Gasteiger partial charge in [0.2, 0.25) is 0 Å². The van der Waals surface area contributed by atoms with Gasteiger partial charge in [-0.2, -0.15) is 11.8 Å². The van der Waals surface area contributed by atoms with Crippen LogP contribution in [0.4, 0.5) is 0 Å². The zero-order valence-electron chi connectivity index (χ0n) is 10.1. The van der Waals surface area contributed by atoms with E-state index >= 15 is 0 Å². The summed E-state index contributed by atoms with van der Waals surface area (Å²) in [6.45, 7) is 5.94. The monoisotopic (exact) mass is 361 g/mol. The number of carbonyl (C=O) groups is 1. The highest BCUT2D eigenvalue weighted by Crippen LogP contribution is 2.23. The Bertz CT molecular complexity index is 415. The summed E-state index contributed by atoms with van der Waals surface area (Å²) in [5, 5.41) is 0.550. The fraction of sp³-hybridized carbons (Fsp3) is 0.462. The number of thioether (sulfide) groups is 1. The number of aryl methyl sites for hydroxylation is 1. The molecule has 1 aromatic rings. The Hall–Kier alpha value is -0.230. The van der Waals surface area contributed by atoms with Crippen molar-refractivity contribution in [3.8, 4) is 0 Å². The zero-order valence-corrected chi connectivity index (χ0v) is 13.0. The van der Waals surface area contributed by atoms with Gasteiger partial charge in [-0.15, -0.1) is 0 Å². The van der Waals surface area contributed by atoms with Crippen LogP contribution in [-0.4, -0.2) is 34.9 Å². The van der Waals surface area contributed by atoms with Gasteiger partial charge < -0.3 is 4.90 Å². The Kier molecular flexibility index (Phi) is 4.36. The maximum atomic E-state index is 12.5. The van der Waals surface area contributed by atoms with Gasteiger partial charge in [0.05, 0.1) is 5.56 Å². The molecule has 1 aromatic carbocycles. The van der Waals surface area contributed by atoms with Crippen molar-refractivity contribution in [1.29, 1.82) is 0 Å². The lowest BCUT2D eigenvalue weighted by molar-refractivity contribution is 0.0761. The minimum absolute atomic E-state index is 0.194. The Morgan fingerprint density at radius 2 is 2.29 bits per heavy atom. The molecule has 1 aliphatic heterocycles. The van der Waals surface area contributed by atoms with Crippen LogP contribution in [0.5, 0.6) is 0 Å². The highest BCUT2D eigenvalue weighted by Gasteiger charge is 2.24. The average Bonchev–Trinajstić information content (AvgIpc) is 2.28. The first-order valence-electron chi connectivity index (χ1n) is 5.75. The summed E-state index contributed by atoms with van der Waals surface area (Å²) >= 11 is 4.20. The number of hydrogen-bond acceptors (Lipinski definition) is 2. The molecule has 0 bridgehead atoms. The second kappa shape index (κ2) is 5.61. The molecule has 0 radical (unpaired) electrons. The van der Waals surface area contributed by atoms with Crippen LogP contribution in [0, 0.1) is 10.5 Å². The second-order valence-corrected chi connectivity index (χ2v) is 7.07. The molecule has 1 aliphatic rings. The van der Waals surface area contributed by atoms with E-state index in [0.29, 0.717) is 5.25 Å². The molecular formula is C13H16INOS. The highest BCUT2D eigenvalue weighted by atomic mass is 127. The lowest BCUT2D eigenvalue weighted by Crippen LogP contribution is -2.41. The molecule has 0 spiro atoms. The van der Waals surface area contributed by atoms with Crippen molar-refractivity contribution >= 4 is 40.3 Å². The van der Waals surface area contributed by atoms with Crippen LogP contribution in [0.15, 0.2) is 18.2 Å². The van der Waals surface area contributed by atoms with E-state index in [4.69, 9.17) is 0 Å². The number of rotatable bonds is 1. The molecule has 1 fully saturated rings. The summed E-state index contributed by atoms with van der Waals surface area (Å²) in [5.41, 5.74) is 1.96. The van der Waals surface area contributed by atoms with Crippen molar-refractivity contribution in [2.75, 3.05) is 18.8 Å². The van der Waals surface area contributed by atoms with E-state index < -0.39 is 0 Å². The molecule has 0 N–H and O–H groups in total. The summed E-state index contributed by atoms with van der Waals surface area (Å²) < 4.78 is 1.05. The summed E-state index contributed by atoms with van der Waals surface area (Å²) in [6, 6.07) is 6.02. The van der Waals surface area contributed by atoms with Crippen molar-refractivity contribution in [2.45, 2.75) is 19.1 Å². The van der Waals surface area contributed by atoms with Crippen LogP contribution in [0.3, 0.4) is 0 Å². The normalized spacial score (nSPS) is 20.4. The van der Waals surface area contributed by atoms with Gasteiger partial charge in [-0.3, -0.25) is 4.79 Å². The van der Waals surface area contributed by atoms with Crippen LogP contribution in [0.2, 0.25) is 0 Å². The molecule has 0 aliphatic carbocycles. The third-order valence-electron chi connectivity index (χ3n) is 2.96. The predicted octanol–water partition coefficient (Wildman–Crippen LogP) is 3.18. The number of carbonyl (C=O) groups excluding carboxylic acids is 1. The van der Waals surface area contributed by atoms with Crippen LogP contribution in [0.25, 0.3) is 0 Å². The van der Waals surface area contributed by atoms with Crippen molar-refractivity contribution in [3.05, 3.63) is 32.9 Å². The second-order valence-electron chi connectivity index (χ2n) is 4.36. The molecule has 1 amide bonds. The summed E-state index contributed by atoms with van der Waals surface area (Å²) in [7, 11) is 0. The number of hydrogen-bond donors (Lipinski definition) is 0. The largest absolute Gasteiger partial charge is 0.337 e. The lowest BCUT2D eigenvalue weighted by atomic mass is 10.1. The van der Waals surface area contributed by atoms with Gasteiger partial charge in [0.15, 0.2) is 0 Å². The van der Waals surface area contributed by atoms with Crippen LogP contribution in [0.1, 0.15) is 22.8 Å². The van der Waals surface area contributed by atoms with Crippen molar-refractivity contribution < 1.29 is 4.79 Å². The number of nitrogens with zero attached hydrogens (tertiary/aromatic N) is 1. The van der Waals surface area contributed by atoms with Gasteiger partial charge >= 0.3 is 0 Å². The van der Waals surface area contributed by atoms with Crippen LogP contribution < -0.4 is 0 Å². The summed E-state index contributed by atoms with van der Waals surface area (Å²) in [5.74, 6) is 1.25. The standard InChI is InChI=1S/C13H16INOS/c1-9-4-3-5-11(14)12(9)13(16)15-6-7-17-10(2)8-15/h3-5,10H,6-8H2,1-2H3/t10-/m1/s1. The maximum absolute atomic E-state index is 12.5. The van der Waals surface area contributed by atoms with E-state index in [9.17, 15) is 4.79 Å². The first-order chi connectivity index (χ1) is 8.09. The molecule has 4 heteroatoms. The smallest absolute Gasteiger partial charge is 0.255 e. The van der Waals surface area contributed by atoms with Gasteiger partial charge in [-0.05, 0) is 41.1 Å². The molecule has 1 atom stereocenters. The Balaban J connectivity index is 2.24. The van der Waals surface area contributed by atoms with E-state index in [1.807, 2.05) is 41.8 Å². The van der Waals surface area contributed by atoms with Crippen LogP contribution in [-0.2, 0) is 0 Å². The molecule has 0 saturated carbocycles.